The number of benzene rings is 1. The van der Waals surface area contributed by atoms with Gasteiger partial charge in [-0.05, 0) is 12.5 Å². The molecule has 4 heteroatoms. The lowest BCUT2D eigenvalue weighted by Gasteiger charge is -2.28. The van der Waals surface area contributed by atoms with Crippen molar-refractivity contribution in [2.24, 2.45) is 0 Å². The Balaban J connectivity index is 2.93. The van der Waals surface area contributed by atoms with Gasteiger partial charge >= 0.3 is 11.9 Å². The molecule has 1 aromatic rings. The molecule has 0 aliphatic rings. The van der Waals surface area contributed by atoms with Gasteiger partial charge < -0.3 is 9.47 Å². The van der Waals surface area contributed by atoms with Crippen LogP contribution in [0.5, 0.6) is 0 Å². The van der Waals surface area contributed by atoms with Crippen molar-refractivity contribution in [3.8, 4) is 0 Å². The van der Waals surface area contributed by atoms with Gasteiger partial charge in [-0.25, -0.2) is 0 Å². The third kappa shape index (κ3) is 3.90. The number of carbonyl (C=O) groups is 2. The van der Waals surface area contributed by atoms with Crippen LogP contribution >= 0.6 is 0 Å². The summed E-state index contributed by atoms with van der Waals surface area (Å²) in [6.07, 6.45) is 0. The van der Waals surface area contributed by atoms with Crippen LogP contribution in [0.1, 0.15) is 26.3 Å². The highest BCUT2D eigenvalue weighted by Gasteiger charge is 2.31. The maximum Gasteiger partial charge on any atom is 0.303 e. The average molecular weight is 236 g/mol. The van der Waals surface area contributed by atoms with E-state index in [4.69, 9.17) is 9.47 Å². The van der Waals surface area contributed by atoms with Crippen LogP contribution in [0.3, 0.4) is 0 Å². The number of ether oxygens (including phenoxy) is 2. The number of carbonyl (C=O) groups excluding carboxylic acids is 2. The fourth-order valence-corrected chi connectivity index (χ4v) is 1.52. The Bertz CT molecular complexity index is 399. The van der Waals surface area contributed by atoms with E-state index < -0.39 is 17.5 Å². The van der Waals surface area contributed by atoms with Crippen molar-refractivity contribution in [3.63, 3.8) is 0 Å². The molecule has 0 bridgehead atoms. The summed E-state index contributed by atoms with van der Waals surface area (Å²) in [5, 5.41) is 0. The van der Waals surface area contributed by atoms with E-state index in [-0.39, 0.29) is 6.61 Å². The van der Waals surface area contributed by atoms with Crippen LogP contribution in [0, 0.1) is 0 Å². The summed E-state index contributed by atoms with van der Waals surface area (Å²) >= 11 is 0. The Labute approximate surface area is 101 Å². The molecule has 0 N–H and O–H groups in total. The van der Waals surface area contributed by atoms with Crippen molar-refractivity contribution in [1.29, 1.82) is 0 Å². The Kier molecular flexibility index (Phi) is 4.26. The average Bonchev–Trinajstić information content (AvgIpc) is 2.27. The molecule has 0 aliphatic carbocycles. The normalized spacial score (nSPS) is 13.6. The molecule has 4 nitrogen and oxygen atoms in total. The maximum atomic E-state index is 11.1. The first kappa shape index (κ1) is 13.2. The van der Waals surface area contributed by atoms with Gasteiger partial charge in [0.1, 0.15) is 6.61 Å². The quantitative estimate of drug-likeness (QED) is 0.750. The zero-order valence-electron chi connectivity index (χ0n) is 10.2. The molecule has 1 rings (SSSR count). The first-order valence-electron chi connectivity index (χ1n) is 5.32. The molecular formula is C13H16O4. The molecule has 0 radical (unpaired) electrons. The van der Waals surface area contributed by atoms with Crippen LogP contribution < -0.4 is 0 Å². The van der Waals surface area contributed by atoms with Crippen molar-refractivity contribution >= 4 is 11.9 Å². The van der Waals surface area contributed by atoms with Gasteiger partial charge in [0.05, 0.1) is 0 Å². The number of esters is 2. The van der Waals surface area contributed by atoms with E-state index >= 15 is 0 Å². The van der Waals surface area contributed by atoms with Gasteiger partial charge in [-0.3, -0.25) is 9.59 Å². The van der Waals surface area contributed by atoms with E-state index in [0.717, 1.165) is 5.56 Å². The highest BCUT2D eigenvalue weighted by Crippen LogP contribution is 2.25. The topological polar surface area (TPSA) is 52.6 Å². The van der Waals surface area contributed by atoms with Crippen molar-refractivity contribution in [2.45, 2.75) is 26.4 Å². The van der Waals surface area contributed by atoms with Crippen LogP contribution in [0.25, 0.3) is 0 Å². The molecule has 0 fully saturated rings. The summed E-state index contributed by atoms with van der Waals surface area (Å²) in [5.41, 5.74) is -0.157. The summed E-state index contributed by atoms with van der Waals surface area (Å²) in [6, 6.07) is 9.19. The SMILES string of the molecule is CC(=O)OCC(C)(OC(C)=O)c1ccccc1. The Morgan fingerprint density at radius 2 is 1.71 bits per heavy atom. The lowest BCUT2D eigenvalue weighted by molar-refractivity contribution is -0.169. The van der Waals surface area contributed by atoms with E-state index in [1.165, 1.54) is 13.8 Å². The van der Waals surface area contributed by atoms with Gasteiger partial charge in [0.2, 0.25) is 0 Å². The van der Waals surface area contributed by atoms with E-state index in [9.17, 15) is 9.59 Å². The molecule has 0 saturated carbocycles. The van der Waals surface area contributed by atoms with E-state index in [1.54, 1.807) is 6.92 Å². The van der Waals surface area contributed by atoms with Crippen LogP contribution in [0.15, 0.2) is 30.3 Å². The standard InChI is InChI=1S/C13H16O4/c1-10(14)16-9-13(3,17-11(2)15)12-7-5-4-6-8-12/h4-8H,9H2,1-3H3. The van der Waals surface area contributed by atoms with Crippen molar-refractivity contribution in [2.75, 3.05) is 6.61 Å². The van der Waals surface area contributed by atoms with Crippen LogP contribution in [-0.2, 0) is 24.7 Å². The third-order valence-electron chi connectivity index (χ3n) is 2.30. The molecule has 0 spiro atoms. The number of hydrogen-bond acceptors (Lipinski definition) is 4. The summed E-state index contributed by atoms with van der Waals surface area (Å²) < 4.78 is 10.2. The van der Waals surface area contributed by atoms with Crippen molar-refractivity contribution in [1.82, 2.24) is 0 Å². The van der Waals surface area contributed by atoms with Gasteiger partial charge in [-0.15, -0.1) is 0 Å². The fraction of sp³-hybridized carbons (Fsp3) is 0.385. The summed E-state index contributed by atoms with van der Waals surface area (Å²) in [4.78, 5) is 22.0. The largest absolute Gasteiger partial charge is 0.461 e. The molecular weight excluding hydrogens is 220 g/mol. The van der Waals surface area contributed by atoms with Gasteiger partial charge in [-0.2, -0.15) is 0 Å². The predicted molar refractivity (Wildman–Crippen MR) is 62.2 cm³/mol. The second kappa shape index (κ2) is 5.48. The molecule has 0 heterocycles. The van der Waals surface area contributed by atoms with Crippen molar-refractivity contribution in [3.05, 3.63) is 35.9 Å². The molecule has 0 saturated heterocycles. The molecule has 0 amide bonds. The highest BCUT2D eigenvalue weighted by molar-refractivity contribution is 5.67. The van der Waals surface area contributed by atoms with Gasteiger partial charge in [-0.1, -0.05) is 30.3 Å². The van der Waals surface area contributed by atoms with Crippen LogP contribution in [0.4, 0.5) is 0 Å². The second-order valence-corrected chi connectivity index (χ2v) is 3.97. The van der Waals surface area contributed by atoms with E-state index in [1.807, 2.05) is 30.3 Å². The number of rotatable bonds is 4. The molecule has 1 unspecified atom stereocenters. The van der Waals surface area contributed by atoms with Gasteiger partial charge in [0, 0.05) is 13.8 Å². The van der Waals surface area contributed by atoms with Crippen LogP contribution in [0.2, 0.25) is 0 Å². The Morgan fingerprint density at radius 1 is 1.12 bits per heavy atom. The minimum absolute atomic E-state index is 0.00588. The van der Waals surface area contributed by atoms with Crippen LogP contribution in [-0.4, -0.2) is 18.5 Å². The molecule has 0 aliphatic heterocycles. The maximum absolute atomic E-state index is 11.1. The van der Waals surface area contributed by atoms with E-state index in [0.29, 0.717) is 0 Å². The van der Waals surface area contributed by atoms with Crippen molar-refractivity contribution < 1.29 is 19.1 Å². The summed E-state index contributed by atoms with van der Waals surface area (Å²) in [6.45, 7) is 4.37. The first-order valence-corrected chi connectivity index (χ1v) is 5.32. The first-order chi connectivity index (χ1) is 7.94. The second-order valence-electron chi connectivity index (χ2n) is 3.97. The minimum Gasteiger partial charge on any atom is -0.461 e. The van der Waals surface area contributed by atoms with Gasteiger partial charge in [0.25, 0.3) is 0 Å². The zero-order valence-corrected chi connectivity index (χ0v) is 10.2. The van der Waals surface area contributed by atoms with E-state index in [2.05, 4.69) is 0 Å². The monoisotopic (exact) mass is 236 g/mol. The lowest BCUT2D eigenvalue weighted by atomic mass is 9.96. The molecule has 0 aromatic heterocycles. The molecule has 1 atom stereocenters. The number of hydrogen-bond donors (Lipinski definition) is 0. The summed E-state index contributed by atoms with van der Waals surface area (Å²) in [5.74, 6) is -0.817. The Hall–Kier alpha value is -1.84. The molecule has 92 valence electrons. The lowest BCUT2D eigenvalue weighted by Crippen LogP contribution is -2.34. The minimum atomic E-state index is -0.946. The predicted octanol–water partition coefficient (Wildman–Crippen LogP) is 2.03. The molecule has 17 heavy (non-hydrogen) atoms. The fourth-order valence-electron chi connectivity index (χ4n) is 1.52. The third-order valence-corrected chi connectivity index (χ3v) is 2.30. The summed E-state index contributed by atoms with van der Waals surface area (Å²) in [7, 11) is 0. The van der Waals surface area contributed by atoms with Gasteiger partial charge in [0.15, 0.2) is 5.60 Å². The Morgan fingerprint density at radius 3 is 2.18 bits per heavy atom. The highest BCUT2D eigenvalue weighted by atomic mass is 16.6. The molecule has 1 aromatic carbocycles. The zero-order chi connectivity index (χ0) is 12.9. The smallest absolute Gasteiger partial charge is 0.303 e.